The molecule has 1 atom stereocenters. The first-order valence-corrected chi connectivity index (χ1v) is 15.4. The highest BCUT2D eigenvalue weighted by molar-refractivity contribution is 7.92. The molecule has 1 N–H and O–H groups in total. The maximum absolute atomic E-state index is 14.3. The highest BCUT2D eigenvalue weighted by atomic mass is 35.5. The first kappa shape index (κ1) is 30.8. The summed E-state index contributed by atoms with van der Waals surface area (Å²) in [5, 5.41) is 3.17. The van der Waals surface area contributed by atoms with Crippen LogP contribution in [0, 0.1) is 13.8 Å². The van der Waals surface area contributed by atoms with Crippen LogP contribution in [-0.2, 0) is 32.6 Å². The van der Waals surface area contributed by atoms with Gasteiger partial charge in [0.2, 0.25) is 11.8 Å². The van der Waals surface area contributed by atoms with Gasteiger partial charge in [0.15, 0.2) is 0 Å². The quantitative estimate of drug-likeness (QED) is 0.244. The minimum absolute atomic E-state index is 0.0522. The number of aryl methyl sites for hydroxylation is 2. The lowest BCUT2D eigenvalue weighted by atomic mass is 10.0. The Kier molecular flexibility index (Phi) is 10.0. The number of hydrogen-bond donors (Lipinski definition) is 1. The largest absolute Gasteiger partial charge is 0.357 e. The van der Waals surface area contributed by atoms with Crippen molar-refractivity contribution in [3.63, 3.8) is 0 Å². The van der Waals surface area contributed by atoms with Crippen LogP contribution >= 0.6 is 11.6 Å². The summed E-state index contributed by atoms with van der Waals surface area (Å²) in [6.07, 6.45) is 0.238. The van der Waals surface area contributed by atoms with Crippen molar-refractivity contribution >= 4 is 39.1 Å². The molecule has 0 aromatic heterocycles. The van der Waals surface area contributed by atoms with E-state index in [9.17, 15) is 18.0 Å². The van der Waals surface area contributed by atoms with Crippen LogP contribution in [0.2, 0.25) is 5.02 Å². The van der Waals surface area contributed by atoms with Crippen LogP contribution in [-0.4, -0.2) is 44.8 Å². The summed E-state index contributed by atoms with van der Waals surface area (Å²) in [7, 11) is -2.62. The zero-order chi connectivity index (χ0) is 30.3. The van der Waals surface area contributed by atoms with Crippen LogP contribution in [0.15, 0.2) is 108 Å². The van der Waals surface area contributed by atoms with E-state index in [4.69, 9.17) is 11.6 Å². The summed E-state index contributed by atoms with van der Waals surface area (Å²) >= 11 is 6.25. The second-order valence-electron chi connectivity index (χ2n) is 10.1. The predicted octanol–water partition coefficient (Wildman–Crippen LogP) is 5.54. The lowest BCUT2D eigenvalue weighted by molar-refractivity contribution is -0.139. The average Bonchev–Trinajstić information content (AvgIpc) is 2.98. The van der Waals surface area contributed by atoms with E-state index < -0.39 is 28.5 Å². The predicted molar refractivity (Wildman–Crippen MR) is 167 cm³/mol. The van der Waals surface area contributed by atoms with E-state index in [-0.39, 0.29) is 23.8 Å². The van der Waals surface area contributed by atoms with Gasteiger partial charge in [-0.25, -0.2) is 8.42 Å². The molecule has 2 amide bonds. The van der Waals surface area contributed by atoms with Gasteiger partial charge in [0.25, 0.3) is 10.0 Å². The van der Waals surface area contributed by atoms with E-state index in [1.54, 1.807) is 54.6 Å². The molecular weight excluding hydrogens is 570 g/mol. The molecule has 4 rings (SSSR count). The third kappa shape index (κ3) is 7.57. The Morgan fingerprint density at radius 1 is 0.810 bits per heavy atom. The van der Waals surface area contributed by atoms with Crippen molar-refractivity contribution in [3.8, 4) is 0 Å². The number of halogens is 1. The number of amides is 2. The number of nitrogens with one attached hydrogen (secondary N) is 1. The number of carbonyl (C=O) groups is 2. The van der Waals surface area contributed by atoms with Gasteiger partial charge in [-0.15, -0.1) is 0 Å². The molecule has 0 heterocycles. The molecule has 9 heteroatoms. The van der Waals surface area contributed by atoms with Crippen LogP contribution in [0.25, 0.3) is 0 Å². The lowest BCUT2D eigenvalue weighted by Gasteiger charge is -2.33. The highest BCUT2D eigenvalue weighted by Gasteiger charge is 2.34. The smallest absolute Gasteiger partial charge is 0.264 e. The molecule has 0 bridgehead atoms. The summed E-state index contributed by atoms with van der Waals surface area (Å²) in [5.41, 5.74) is 3.77. The first-order chi connectivity index (χ1) is 20.1. The fourth-order valence-electron chi connectivity index (χ4n) is 4.63. The van der Waals surface area contributed by atoms with Gasteiger partial charge < -0.3 is 10.2 Å². The Morgan fingerprint density at radius 2 is 1.40 bits per heavy atom. The van der Waals surface area contributed by atoms with E-state index in [2.05, 4.69) is 5.32 Å². The first-order valence-electron chi connectivity index (χ1n) is 13.5. The molecule has 0 spiro atoms. The third-order valence-corrected chi connectivity index (χ3v) is 8.99. The number of likely N-dealkylation sites (N-methyl/N-ethyl adjacent to an activating group) is 1. The second kappa shape index (κ2) is 13.7. The lowest BCUT2D eigenvalue weighted by Crippen LogP contribution is -2.53. The number of anilines is 1. The fraction of sp³-hybridized carbons (Fsp3) is 0.212. The summed E-state index contributed by atoms with van der Waals surface area (Å²) < 4.78 is 29.1. The molecular formula is C33H34ClN3O4S. The Bertz CT molecular complexity index is 1630. The standard InChI is InChI=1S/C33H34ClN3O4S/c1-24-12-16-29(17-13-24)37(42(40,41)30-18-14-25(2)15-19-30)23-32(38)36(22-27-10-7-11-28(34)20-27)31(33(39)35-3)21-26-8-5-4-6-9-26/h4-20,31H,21-23H2,1-3H3,(H,35,39). The van der Waals surface area contributed by atoms with Gasteiger partial charge in [-0.05, 0) is 61.4 Å². The van der Waals surface area contributed by atoms with Crippen molar-refractivity contribution in [1.29, 1.82) is 0 Å². The van der Waals surface area contributed by atoms with Crippen LogP contribution in [0.1, 0.15) is 22.3 Å². The van der Waals surface area contributed by atoms with Crippen LogP contribution in [0.4, 0.5) is 5.69 Å². The molecule has 0 aliphatic carbocycles. The Balaban J connectivity index is 1.78. The van der Waals surface area contributed by atoms with Gasteiger partial charge in [-0.3, -0.25) is 13.9 Å². The van der Waals surface area contributed by atoms with Crippen molar-refractivity contribution in [2.75, 3.05) is 17.9 Å². The SMILES string of the molecule is CNC(=O)C(Cc1ccccc1)N(Cc1cccc(Cl)c1)C(=O)CN(c1ccc(C)cc1)S(=O)(=O)c1ccc(C)cc1. The fourth-order valence-corrected chi connectivity index (χ4v) is 6.26. The van der Waals surface area contributed by atoms with Gasteiger partial charge in [-0.2, -0.15) is 0 Å². The maximum atomic E-state index is 14.3. The van der Waals surface area contributed by atoms with E-state index in [1.165, 1.54) is 24.1 Å². The minimum Gasteiger partial charge on any atom is -0.357 e. The van der Waals surface area contributed by atoms with Gasteiger partial charge in [-0.1, -0.05) is 89.5 Å². The third-order valence-electron chi connectivity index (χ3n) is 6.97. The normalized spacial score (nSPS) is 11.9. The second-order valence-corrected chi connectivity index (χ2v) is 12.4. The van der Waals surface area contributed by atoms with E-state index in [0.717, 1.165) is 21.0 Å². The van der Waals surface area contributed by atoms with E-state index >= 15 is 0 Å². The molecule has 0 aliphatic rings. The van der Waals surface area contributed by atoms with Crippen molar-refractivity contribution in [1.82, 2.24) is 10.2 Å². The Labute approximate surface area is 252 Å². The van der Waals surface area contributed by atoms with Crippen molar-refractivity contribution in [2.45, 2.75) is 37.8 Å². The minimum atomic E-state index is -4.14. The van der Waals surface area contributed by atoms with Gasteiger partial charge in [0.1, 0.15) is 12.6 Å². The molecule has 4 aromatic rings. The molecule has 0 fully saturated rings. The maximum Gasteiger partial charge on any atom is 0.264 e. The van der Waals surface area contributed by atoms with Gasteiger partial charge in [0.05, 0.1) is 10.6 Å². The van der Waals surface area contributed by atoms with Gasteiger partial charge >= 0.3 is 0 Å². The number of rotatable bonds is 11. The number of carbonyl (C=O) groups excluding carboxylic acids is 2. The van der Waals surface area contributed by atoms with Crippen molar-refractivity contribution in [3.05, 3.63) is 130 Å². The topological polar surface area (TPSA) is 86.8 Å². The molecule has 4 aromatic carbocycles. The molecule has 0 radical (unpaired) electrons. The molecule has 7 nitrogen and oxygen atoms in total. The van der Waals surface area contributed by atoms with Crippen molar-refractivity contribution in [2.24, 2.45) is 0 Å². The van der Waals surface area contributed by atoms with Gasteiger partial charge in [0, 0.05) is 25.0 Å². The monoisotopic (exact) mass is 603 g/mol. The van der Waals surface area contributed by atoms with Crippen LogP contribution < -0.4 is 9.62 Å². The number of benzene rings is 4. The molecule has 1 unspecified atom stereocenters. The Morgan fingerprint density at radius 3 is 2.00 bits per heavy atom. The summed E-state index contributed by atoms with van der Waals surface area (Å²) in [4.78, 5) is 29.1. The summed E-state index contributed by atoms with van der Waals surface area (Å²) in [5.74, 6) is -0.895. The van der Waals surface area contributed by atoms with Crippen LogP contribution in [0.5, 0.6) is 0 Å². The highest BCUT2D eigenvalue weighted by Crippen LogP contribution is 2.26. The number of hydrogen-bond acceptors (Lipinski definition) is 4. The van der Waals surface area contributed by atoms with Crippen molar-refractivity contribution < 1.29 is 18.0 Å². The molecule has 218 valence electrons. The Hall–Kier alpha value is -4.14. The molecule has 42 heavy (non-hydrogen) atoms. The zero-order valence-electron chi connectivity index (χ0n) is 23.8. The molecule has 0 saturated carbocycles. The van der Waals surface area contributed by atoms with Crippen LogP contribution in [0.3, 0.4) is 0 Å². The summed E-state index contributed by atoms with van der Waals surface area (Å²) in [6.45, 7) is 3.31. The molecule has 0 aliphatic heterocycles. The number of nitrogens with zero attached hydrogens (tertiary/aromatic N) is 2. The zero-order valence-corrected chi connectivity index (χ0v) is 25.4. The average molecular weight is 604 g/mol. The number of sulfonamides is 1. The molecule has 0 saturated heterocycles. The summed E-state index contributed by atoms with van der Waals surface area (Å²) in [6, 6.07) is 29.0. The van der Waals surface area contributed by atoms with E-state index in [1.807, 2.05) is 50.2 Å². The van der Waals surface area contributed by atoms with E-state index in [0.29, 0.717) is 16.3 Å².